The zero-order valence-corrected chi connectivity index (χ0v) is 16.8. The highest BCUT2D eigenvalue weighted by Crippen LogP contribution is 2.37. The van der Waals surface area contributed by atoms with Crippen LogP contribution in [-0.2, 0) is 0 Å². The van der Waals surface area contributed by atoms with Gasteiger partial charge in [0.25, 0.3) is 0 Å². The number of thioether (sulfide) groups is 1. The number of nitrogens with one attached hydrogen (secondary N) is 2. The van der Waals surface area contributed by atoms with Gasteiger partial charge in [-0.25, -0.2) is 9.78 Å². The SMILES string of the molecule is CCSc1nc(-c2ccc(Cl)cc2)sc1NC(=O)Nc1cccc(C)c1. The van der Waals surface area contributed by atoms with Gasteiger partial charge in [-0.05, 0) is 42.5 Å². The molecule has 1 heterocycles. The smallest absolute Gasteiger partial charge is 0.308 e. The number of amides is 2. The summed E-state index contributed by atoms with van der Waals surface area (Å²) in [5.74, 6) is 0.873. The molecule has 2 aromatic carbocycles. The minimum absolute atomic E-state index is 0.278. The van der Waals surface area contributed by atoms with Crippen LogP contribution in [-0.4, -0.2) is 16.8 Å². The number of hydrogen-bond donors (Lipinski definition) is 2. The van der Waals surface area contributed by atoms with E-state index in [9.17, 15) is 4.79 Å². The molecule has 0 unspecified atom stereocenters. The van der Waals surface area contributed by atoms with Crippen LogP contribution in [0, 0.1) is 6.92 Å². The predicted molar refractivity (Wildman–Crippen MR) is 113 cm³/mol. The molecule has 134 valence electrons. The Kier molecular flexibility index (Phi) is 6.19. The van der Waals surface area contributed by atoms with Gasteiger partial charge in [-0.3, -0.25) is 5.32 Å². The largest absolute Gasteiger partial charge is 0.324 e. The first-order chi connectivity index (χ1) is 12.5. The predicted octanol–water partition coefficient (Wildman–Crippen LogP) is 6.53. The highest BCUT2D eigenvalue weighted by atomic mass is 35.5. The summed E-state index contributed by atoms with van der Waals surface area (Å²) in [6.45, 7) is 4.04. The van der Waals surface area contributed by atoms with Crippen LogP contribution in [0.5, 0.6) is 0 Å². The molecule has 1 aromatic heterocycles. The monoisotopic (exact) mass is 403 g/mol. The minimum Gasteiger partial charge on any atom is -0.308 e. The van der Waals surface area contributed by atoms with Gasteiger partial charge in [0.2, 0.25) is 0 Å². The zero-order valence-electron chi connectivity index (χ0n) is 14.4. The Hall–Kier alpha value is -2.02. The number of carbonyl (C=O) groups is 1. The fraction of sp³-hybridized carbons (Fsp3) is 0.158. The van der Waals surface area contributed by atoms with Gasteiger partial charge < -0.3 is 5.32 Å². The van der Waals surface area contributed by atoms with E-state index < -0.39 is 0 Å². The van der Waals surface area contributed by atoms with Crippen LogP contribution in [0.25, 0.3) is 10.6 Å². The van der Waals surface area contributed by atoms with Gasteiger partial charge in [0.15, 0.2) is 0 Å². The summed E-state index contributed by atoms with van der Waals surface area (Å²) in [4.78, 5) is 17.0. The Morgan fingerprint density at radius 3 is 2.65 bits per heavy atom. The molecule has 0 aliphatic rings. The summed E-state index contributed by atoms with van der Waals surface area (Å²) in [6.07, 6.45) is 0. The molecule has 0 aliphatic carbocycles. The fourth-order valence-electron chi connectivity index (χ4n) is 2.32. The van der Waals surface area contributed by atoms with Crippen LogP contribution in [0.3, 0.4) is 0 Å². The maximum atomic E-state index is 12.4. The number of anilines is 2. The first-order valence-corrected chi connectivity index (χ1v) is 10.3. The van der Waals surface area contributed by atoms with E-state index in [1.807, 2.05) is 55.5 Å². The molecule has 26 heavy (non-hydrogen) atoms. The van der Waals surface area contributed by atoms with Crippen molar-refractivity contribution in [2.75, 3.05) is 16.4 Å². The van der Waals surface area contributed by atoms with Crippen molar-refractivity contribution in [3.63, 3.8) is 0 Å². The second kappa shape index (κ2) is 8.58. The molecule has 0 spiro atoms. The lowest BCUT2D eigenvalue weighted by molar-refractivity contribution is 0.262. The van der Waals surface area contributed by atoms with Gasteiger partial charge in [-0.15, -0.1) is 11.8 Å². The molecule has 0 bridgehead atoms. The van der Waals surface area contributed by atoms with Crippen LogP contribution < -0.4 is 10.6 Å². The van der Waals surface area contributed by atoms with Gasteiger partial charge in [0.1, 0.15) is 15.0 Å². The van der Waals surface area contributed by atoms with Crippen LogP contribution in [0.15, 0.2) is 53.6 Å². The Morgan fingerprint density at radius 1 is 1.19 bits per heavy atom. The first kappa shape index (κ1) is 18.8. The number of thiazole rings is 1. The molecule has 2 N–H and O–H groups in total. The fourth-order valence-corrected chi connectivity index (χ4v) is 4.28. The number of nitrogens with zero attached hydrogens (tertiary/aromatic N) is 1. The van der Waals surface area contributed by atoms with E-state index in [0.29, 0.717) is 5.02 Å². The molecule has 4 nitrogen and oxygen atoms in total. The number of benzene rings is 2. The highest BCUT2D eigenvalue weighted by Gasteiger charge is 2.15. The van der Waals surface area contributed by atoms with Crippen molar-refractivity contribution in [1.29, 1.82) is 0 Å². The summed E-state index contributed by atoms with van der Waals surface area (Å²) in [6, 6.07) is 14.9. The van der Waals surface area contributed by atoms with Crippen LogP contribution in [0.2, 0.25) is 5.02 Å². The average molecular weight is 404 g/mol. The number of carbonyl (C=O) groups excluding carboxylic acids is 1. The topological polar surface area (TPSA) is 54.0 Å². The van der Waals surface area contributed by atoms with E-state index in [-0.39, 0.29) is 6.03 Å². The maximum Gasteiger partial charge on any atom is 0.324 e. The van der Waals surface area contributed by atoms with Crippen LogP contribution >= 0.6 is 34.7 Å². The Bertz CT molecular complexity index is 909. The number of rotatable bonds is 5. The van der Waals surface area contributed by atoms with Crippen LogP contribution in [0.4, 0.5) is 15.5 Å². The summed E-state index contributed by atoms with van der Waals surface area (Å²) in [5, 5.41) is 8.88. The summed E-state index contributed by atoms with van der Waals surface area (Å²) < 4.78 is 0. The Labute approximate surface area is 166 Å². The van der Waals surface area contributed by atoms with E-state index in [4.69, 9.17) is 11.6 Å². The van der Waals surface area contributed by atoms with Gasteiger partial charge in [-0.1, -0.05) is 54.1 Å². The standard InChI is InChI=1S/C19H18ClN3OS2/c1-3-25-17-18(23-19(24)21-15-6-4-5-12(2)11-15)26-16(22-17)13-7-9-14(20)10-8-13/h4-11H,3H2,1-2H3,(H2,21,23,24). The molecule has 3 aromatic rings. The van der Waals surface area contributed by atoms with Crippen molar-refractivity contribution in [3.8, 4) is 10.6 Å². The minimum atomic E-state index is -0.278. The zero-order chi connectivity index (χ0) is 18.5. The van der Waals surface area contributed by atoms with Crippen LogP contribution in [0.1, 0.15) is 12.5 Å². The van der Waals surface area contributed by atoms with E-state index in [0.717, 1.165) is 37.6 Å². The summed E-state index contributed by atoms with van der Waals surface area (Å²) in [5.41, 5.74) is 2.83. The lowest BCUT2D eigenvalue weighted by Gasteiger charge is -2.07. The molecule has 7 heteroatoms. The number of aryl methyl sites for hydroxylation is 1. The van der Waals surface area contributed by atoms with Gasteiger partial charge in [0.05, 0.1) is 0 Å². The third kappa shape index (κ3) is 4.78. The van der Waals surface area contributed by atoms with E-state index >= 15 is 0 Å². The second-order valence-electron chi connectivity index (χ2n) is 5.54. The average Bonchev–Trinajstić information content (AvgIpc) is 2.98. The third-order valence-electron chi connectivity index (χ3n) is 3.47. The van der Waals surface area contributed by atoms with Crippen molar-refractivity contribution in [3.05, 3.63) is 59.1 Å². The maximum absolute atomic E-state index is 12.4. The van der Waals surface area contributed by atoms with Crippen molar-refractivity contribution < 1.29 is 4.79 Å². The van der Waals surface area contributed by atoms with E-state index in [1.165, 1.54) is 11.3 Å². The van der Waals surface area contributed by atoms with E-state index in [1.54, 1.807) is 11.8 Å². The molecule has 0 atom stereocenters. The molecule has 0 saturated heterocycles. The van der Waals surface area contributed by atoms with Crippen molar-refractivity contribution in [2.24, 2.45) is 0 Å². The quantitative estimate of drug-likeness (QED) is 0.476. The highest BCUT2D eigenvalue weighted by molar-refractivity contribution is 7.99. The van der Waals surface area contributed by atoms with Gasteiger partial charge in [0, 0.05) is 16.3 Å². The van der Waals surface area contributed by atoms with Crippen molar-refractivity contribution in [2.45, 2.75) is 18.9 Å². The van der Waals surface area contributed by atoms with E-state index in [2.05, 4.69) is 22.5 Å². The molecular formula is C19H18ClN3OS2. The van der Waals surface area contributed by atoms with Crippen molar-refractivity contribution >= 4 is 51.4 Å². The second-order valence-corrected chi connectivity index (χ2v) is 8.23. The molecule has 3 rings (SSSR count). The first-order valence-electron chi connectivity index (χ1n) is 8.09. The molecule has 0 radical (unpaired) electrons. The lowest BCUT2D eigenvalue weighted by Crippen LogP contribution is -2.19. The third-order valence-corrected chi connectivity index (χ3v) is 5.73. The Morgan fingerprint density at radius 2 is 1.96 bits per heavy atom. The summed E-state index contributed by atoms with van der Waals surface area (Å²) in [7, 11) is 0. The number of urea groups is 1. The summed E-state index contributed by atoms with van der Waals surface area (Å²) >= 11 is 9.01. The van der Waals surface area contributed by atoms with Gasteiger partial charge in [-0.2, -0.15) is 0 Å². The Balaban J connectivity index is 1.79. The molecule has 2 amide bonds. The molecule has 0 fully saturated rings. The molecular weight excluding hydrogens is 386 g/mol. The number of halogens is 1. The van der Waals surface area contributed by atoms with Gasteiger partial charge >= 0.3 is 6.03 Å². The molecule has 0 saturated carbocycles. The lowest BCUT2D eigenvalue weighted by atomic mass is 10.2. The number of aromatic nitrogens is 1. The number of hydrogen-bond acceptors (Lipinski definition) is 4. The van der Waals surface area contributed by atoms with Crippen molar-refractivity contribution in [1.82, 2.24) is 4.98 Å². The molecule has 0 aliphatic heterocycles. The normalized spacial score (nSPS) is 10.6.